The van der Waals surface area contributed by atoms with Gasteiger partial charge in [-0.1, -0.05) is 17.7 Å². The summed E-state index contributed by atoms with van der Waals surface area (Å²) >= 11 is 0. The van der Waals surface area contributed by atoms with Crippen LogP contribution in [0.25, 0.3) is 0 Å². The Balaban J connectivity index is 1.95. The zero-order chi connectivity index (χ0) is 16.7. The molecule has 3 rings (SSSR count). The van der Waals surface area contributed by atoms with Crippen molar-refractivity contribution in [2.75, 3.05) is 11.5 Å². The number of hydrogen-bond donors (Lipinski definition) is 1. The topological polar surface area (TPSA) is 88.1 Å². The summed E-state index contributed by atoms with van der Waals surface area (Å²) in [4.78, 5) is 38.4. The number of esters is 1. The number of benzene rings is 1. The van der Waals surface area contributed by atoms with Crippen LogP contribution in [0.2, 0.25) is 0 Å². The Morgan fingerprint density at radius 2 is 2.04 bits per heavy atom. The quantitative estimate of drug-likeness (QED) is 0.655. The summed E-state index contributed by atoms with van der Waals surface area (Å²) in [6.45, 7) is 5.62. The Kier molecular flexibility index (Phi) is 3.63. The molecule has 1 fully saturated rings. The first-order valence-corrected chi connectivity index (χ1v) is 7.41. The molecule has 1 saturated heterocycles. The van der Waals surface area contributed by atoms with Gasteiger partial charge in [0.1, 0.15) is 12.0 Å². The number of nitrogens with one attached hydrogen (secondary N) is 1. The van der Waals surface area contributed by atoms with Crippen molar-refractivity contribution in [1.82, 2.24) is 5.43 Å². The van der Waals surface area contributed by atoms with Crippen LogP contribution in [0.4, 0.5) is 5.69 Å². The van der Waals surface area contributed by atoms with E-state index in [1.165, 1.54) is 0 Å². The van der Waals surface area contributed by atoms with Gasteiger partial charge in [-0.05, 0) is 32.4 Å². The molecule has 1 N–H and O–H groups in total. The summed E-state index contributed by atoms with van der Waals surface area (Å²) in [5.74, 6) is -2.46. The van der Waals surface area contributed by atoms with E-state index >= 15 is 0 Å². The second-order valence-electron chi connectivity index (χ2n) is 5.60. The van der Waals surface area contributed by atoms with Crippen molar-refractivity contribution in [3.8, 4) is 0 Å². The number of carbonyl (C=O) groups is 3. The van der Waals surface area contributed by atoms with Crippen LogP contribution in [0.1, 0.15) is 18.1 Å². The number of rotatable bonds is 3. The highest BCUT2D eigenvalue weighted by Crippen LogP contribution is 2.32. The lowest BCUT2D eigenvalue weighted by Gasteiger charge is -2.18. The molecule has 0 aliphatic carbocycles. The van der Waals surface area contributed by atoms with Gasteiger partial charge in [-0.25, -0.2) is 9.69 Å². The maximum atomic E-state index is 12.7. The molecule has 2 heterocycles. The first-order valence-electron chi connectivity index (χ1n) is 7.41. The van der Waals surface area contributed by atoms with E-state index in [2.05, 4.69) is 10.5 Å². The van der Waals surface area contributed by atoms with Crippen LogP contribution in [0.15, 0.2) is 23.3 Å². The Morgan fingerprint density at radius 1 is 1.30 bits per heavy atom. The van der Waals surface area contributed by atoms with Gasteiger partial charge >= 0.3 is 5.97 Å². The third-order valence-electron chi connectivity index (χ3n) is 4.00. The smallest absolute Gasteiger partial charge is 0.355 e. The Morgan fingerprint density at radius 3 is 2.70 bits per heavy atom. The molecule has 0 radical (unpaired) electrons. The van der Waals surface area contributed by atoms with Gasteiger partial charge in [0.05, 0.1) is 12.3 Å². The summed E-state index contributed by atoms with van der Waals surface area (Å²) in [7, 11) is 0. The lowest BCUT2D eigenvalue weighted by molar-refractivity contribution is -0.136. The molecule has 1 aromatic rings. The fourth-order valence-electron chi connectivity index (χ4n) is 2.96. The standard InChI is InChI=1S/C16H17N3O4/c1-4-23-16(22)13-11-12(17-18-13)15(21)19(14(11)20)10-6-5-8(2)7-9(10)3/h5-7,11-12,17H,4H2,1-3H3/t11-,12+/m1/s1. The second kappa shape index (κ2) is 5.49. The highest BCUT2D eigenvalue weighted by atomic mass is 16.5. The number of nitrogens with zero attached hydrogens (tertiary/aromatic N) is 2. The molecule has 2 atom stereocenters. The molecule has 2 aliphatic rings. The molecule has 0 bridgehead atoms. The van der Waals surface area contributed by atoms with Gasteiger partial charge in [0, 0.05) is 0 Å². The molecule has 23 heavy (non-hydrogen) atoms. The molecule has 7 heteroatoms. The maximum absolute atomic E-state index is 12.7. The number of amides is 2. The van der Waals surface area contributed by atoms with E-state index in [1.54, 1.807) is 13.0 Å². The minimum Gasteiger partial charge on any atom is -0.461 e. The second-order valence-corrected chi connectivity index (χ2v) is 5.60. The van der Waals surface area contributed by atoms with E-state index in [9.17, 15) is 14.4 Å². The van der Waals surface area contributed by atoms with Gasteiger partial charge < -0.3 is 4.74 Å². The predicted molar refractivity (Wildman–Crippen MR) is 82.9 cm³/mol. The number of carbonyl (C=O) groups excluding carboxylic acids is 3. The molecule has 2 aliphatic heterocycles. The number of aryl methyl sites for hydroxylation is 2. The van der Waals surface area contributed by atoms with Gasteiger partial charge in [0.25, 0.3) is 5.91 Å². The molecule has 120 valence electrons. The number of imide groups is 1. The molecule has 0 unspecified atom stereocenters. The normalized spacial score (nSPS) is 22.7. The summed E-state index contributed by atoms with van der Waals surface area (Å²) in [5.41, 5.74) is 4.95. The largest absolute Gasteiger partial charge is 0.461 e. The van der Waals surface area contributed by atoms with E-state index in [0.29, 0.717) is 5.69 Å². The number of ether oxygens (including phenoxy) is 1. The zero-order valence-corrected chi connectivity index (χ0v) is 13.1. The molecule has 0 saturated carbocycles. The van der Waals surface area contributed by atoms with Crippen LogP contribution in [-0.4, -0.2) is 36.1 Å². The Hall–Kier alpha value is -2.70. The first-order chi connectivity index (χ1) is 11.0. The Labute approximate surface area is 133 Å². The number of anilines is 1. The van der Waals surface area contributed by atoms with E-state index in [0.717, 1.165) is 16.0 Å². The summed E-state index contributed by atoms with van der Waals surface area (Å²) < 4.78 is 4.91. The van der Waals surface area contributed by atoms with Crippen LogP contribution in [0.3, 0.4) is 0 Å². The van der Waals surface area contributed by atoms with Crippen molar-refractivity contribution >= 4 is 29.2 Å². The van der Waals surface area contributed by atoms with Crippen molar-refractivity contribution in [3.05, 3.63) is 29.3 Å². The minimum atomic E-state index is -0.928. The van der Waals surface area contributed by atoms with E-state index in [1.807, 2.05) is 26.0 Å². The molecule has 0 spiro atoms. The highest BCUT2D eigenvalue weighted by Gasteiger charge is 2.55. The third-order valence-corrected chi connectivity index (χ3v) is 4.00. The number of fused-ring (bicyclic) bond motifs is 1. The van der Waals surface area contributed by atoms with Crippen LogP contribution >= 0.6 is 0 Å². The lowest BCUT2D eigenvalue weighted by atomic mass is 9.99. The van der Waals surface area contributed by atoms with Crippen molar-refractivity contribution < 1.29 is 19.1 Å². The summed E-state index contributed by atoms with van der Waals surface area (Å²) in [6, 6.07) is 4.63. The molecule has 2 amide bonds. The van der Waals surface area contributed by atoms with Crippen molar-refractivity contribution in [3.63, 3.8) is 0 Å². The maximum Gasteiger partial charge on any atom is 0.355 e. The van der Waals surface area contributed by atoms with Gasteiger partial charge in [0.2, 0.25) is 5.91 Å². The highest BCUT2D eigenvalue weighted by molar-refractivity contribution is 6.46. The fraction of sp³-hybridized carbons (Fsp3) is 0.375. The van der Waals surface area contributed by atoms with Gasteiger partial charge in [0.15, 0.2) is 5.71 Å². The molecule has 1 aromatic carbocycles. The van der Waals surface area contributed by atoms with Gasteiger partial charge in [-0.2, -0.15) is 5.10 Å². The van der Waals surface area contributed by atoms with Crippen LogP contribution in [0, 0.1) is 19.8 Å². The summed E-state index contributed by atoms with van der Waals surface area (Å²) in [5, 5.41) is 3.83. The number of hydrogen-bond acceptors (Lipinski definition) is 6. The van der Waals surface area contributed by atoms with Crippen molar-refractivity contribution in [1.29, 1.82) is 0 Å². The average Bonchev–Trinajstić information content (AvgIpc) is 3.02. The van der Waals surface area contributed by atoms with E-state index in [4.69, 9.17) is 4.74 Å². The van der Waals surface area contributed by atoms with Gasteiger partial charge in [-0.15, -0.1) is 0 Å². The fourth-order valence-corrected chi connectivity index (χ4v) is 2.96. The number of hydrazone groups is 1. The van der Waals surface area contributed by atoms with Crippen molar-refractivity contribution in [2.24, 2.45) is 11.0 Å². The lowest BCUT2D eigenvalue weighted by Crippen LogP contribution is -2.36. The van der Waals surface area contributed by atoms with Crippen LogP contribution in [-0.2, 0) is 19.1 Å². The molecular weight excluding hydrogens is 298 g/mol. The predicted octanol–water partition coefficient (Wildman–Crippen LogP) is 0.684. The Bertz CT molecular complexity index is 741. The molecule has 0 aromatic heterocycles. The van der Waals surface area contributed by atoms with E-state index in [-0.39, 0.29) is 12.3 Å². The van der Waals surface area contributed by atoms with Crippen LogP contribution < -0.4 is 10.3 Å². The zero-order valence-electron chi connectivity index (χ0n) is 13.1. The average molecular weight is 315 g/mol. The van der Waals surface area contributed by atoms with Gasteiger partial charge in [-0.3, -0.25) is 15.0 Å². The molecular formula is C16H17N3O4. The van der Waals surface area contributed by atoms with Crippen molar-refractivity contribution in [2.45, 2.75) is 26.8 Å². The van der Waals surface area contributed by atoms with E-state index < -0.39 is 29.7 Å². The first kappa shape index (κ1) is 15.2. The molecule has 7 nitrogen and oxygen atoms in total. The third kappa shape index (κ3) is 2.28. The monoisotopic (exact) mass is 315 g/mol. The summed E-state index contributed by atoms with van der Waals surface area (Å²) in [6.07, 6.45) is 0. The van der Waals surface area contributed by atoms with Crippen LogP contribution in [0.5, 0.6) is 0 Å². The SMILES string of the molecule is CCOC(=O)C1=NN[C@@H]2C(=O)N(c3ccc(C)cc3C)C(=O)[C@@H]12. The minimum absolute atomic E-state index is 0.0394.